The first kappa shape index (κ1) is 11.7. The molecule has 4 heteroatoms. The molecule has 0 saturated heterocycles. The van der Waals surface area contributed by atoms with E-state index in [-0.39, 0.29) is 0 Å². The number of anilines is 2. The molecule has 0 radical (unpaired) electrons. The van der Waals surface area contributed by atoms with Crippen LogP contribution >= 0.6 is 0 Å². The second kappa shape index (κ2) is 5.01. The summed E-state index contributed by atoms with van der Waals surface area (Å²) in [6, 6.07) is 8.70. The molecule has 17 heavy (non-hydrogen) atoms. The maximum absolute atomic E-state index is 5.46. The lowest BCUT2D eigenvalue weighted by Gasteiger charge is -2.06. The van der Waals surface area contributed by atoms with Crippen molar-refractivity contribution in [1.82, 2.24) is 4.98 Å². The predicted molar refractivity (Wildman–Crippen MR) is 68.2 cm³/mol. The number of nitrogens with one attached hydrogen (secondary N) is 1. The normalized spacial score (nSPS) is 10.8. The number of hydrogen-bond donors (Lipinski definition) is 2. The van der Waals surface area contributed by atoms with Crippen LogP contribution in [-0.4, -0.2) is 4.98 Å². The van der Waals surface area contributed by atoms with Gasteiger partial charge in [-0.2, -0.15) is 4.98 Å². The summed E-state index contributed by atoms with van der Waals surface area (Å²) in [4.78, 5) is 4.18. The molecule has 3 N–H and O–H groups in total. The lowest BCUT2D eigenvalue weighted by molar-refractivity contribution is 0.576. The summed E-state index contributed by atoms with van der Waals surface area (Å²) in [7, 11) is 0. The second-order valence-corrected chi connectivity index (χ2v) is 4.25. The third-order valence-corrected chi connectivity index (χ3v) is 2.59. The molecule has 0 atom stereocenters. The smallest absolute Gasteiger partial charge is 0.299 e. The van der Waals surface area contributed by atoms with Gasteiger partial charge in [-0.15, -0.1) is 0 Å². The number of benzene rings is 1. The Balaban J connectivity index is 2.08. The molecule has 1 heterocycles. The molecule has 4 nitrogen and oxygen atoms in total. The van der Waals surface area contributed by atoms with E-state index in [1.54, 1.807) is 6.26 Å². The number of nitrogens with zero attached hydrogens (tertiary/aromatic N) is 1. The van der Waals surface area contributed by atoms with Crippen molar-refractivity contribution in [2.24, 2.45) is 5.73 Å². The van der Waals surface area contributed by atoms with E-state index >= 15 is 0 Å². The van der Waals surface area contributed by atoms with Crippen LogP contribution in [0.5, 0.6) is 0 Å². The summed E-state index contributed by atoms with van der Waals surface area (Å²) in [5, 5.41) is 3.09. The minimum absolute atomic E-state index is 0.386. The fraction of sp³-hybridized carbons (Fsp3) is 0.308. The van der Waals surface area contributed by atoms with Crippen molar-refractivity contribution in [2.75, 3.05) is 5.32 Å². The first-order valence-corrected chi connectivity index (χ1v) is 5.70. The number of nitrogens with two attached hydrogens (primary N) is 1. The Kier molecular flexibility index (Phi) is 3.44. The van der Waals surface area contributed by atoms with E-state index in [1.807, 2.05) is 12.1 Å². The maximum atomic E-state index is 5.46. The minimum atomic E-state index is 0.386. The fourth-order valence-electron chi connectivity index (χ4n) is 1.53. The minimum Gasteiger partial charge on any atom is -0.432 e. The number of oxazole rings is 1. The highest BCUT2D eigenvalue weighted by molar-refractivity contribution is 5.52. The van der Waals surface area contributed by atoms with Gasteiger partial charge in [0, 0.05) is 12.2 Å². The second-order valence-electron chi connectivity index (χ2n) is 4.25. The molecule has 0 aliphatic rings. The SMILES string of the molecule is CC(C)c1ccc(Nc2nc(CN)co2)cc1. The summed E-state index contributed by atoms with van der Waals surface area (Å²) in [5.74, 6) is 0.537. The van der Waals surface area contributed by atoms with Gasteiger partial charge in [-0.1, -0.05) is 26.0 Å². The van der Waals surface area contributed by atoms with E-state index in [0.717, 1.165) is 11.4 Å². The molecule has 0 amide bonds. The summed E-state index contributed by atoms with van der Waals surface area (Å²) in [5.41, 5.74) is 8.47. The van der Waals surface area contributed by atoms with Gasteiger partial charge >= 0.3 is 0 Å². The first-order valence-electron chi connectivity index (χ1n) is 5.70. The third kappa shape index (κ3) is 2.85. The molecule has 0 aliphatic carbocycles. The molecular formula is C13H17N3O. The van der Waals surface area contributed by atoms with Crippen molar-refractivity contribution in [3.63, 3.8) is 0 Å². The predicted octanol–water partition coefficient (Wildman–Crippen LogP) is 3.00. The molecule has 0 aliphatic heterocycles. The number of rotatable bonds is 4. The Hall–Kier alpha value is -1.81. The van der Waals surface area contributed by atoms with E-state index in [1.165, 1.54) is 5.56 Å². The zero-order valence-electron chi connectivity index (χ0n) is 10.1. The van der Waals surface area contributed by atoms with Gasteiger partial charge in [-0.05, 0) is 23.6 Å². The van der Waals surface area contributed by atoms with Gasteiger partial charge in [-0.25, -0.2) is 0 Å². The summed E-state index contributed by atoms with van der Waals surface area (Å²) in [6.45, 7) is 4.73. The number of hydrogen-bond acceptors (Lipinski definition) is 4. The van der Waals surface area contributed by atoms with Crippen LogP contribution in [0.2, 0.25) is 0 Å². The highest BCUT2D eigenvalue weighted by Crippen LogP contribution is 2.20. The Labute approximate surface area is 101 Å². The standard InChI is InChI=1S/C13H17N3O/c1-9(2)10-3-5-11(6-4-10)15-13-16-12(7-14)8-17-13/h3-6,8-9H,7,14H2,1-2H3,(H,15,16). The Morgan fingerprint density at radius 3 is 2.53 bits per heavy atom. The van der Waals surface area contributed by atoms with E-state index in [9.17, 15) is 0 Å². The van der Waals surface area contributed by atoms with E-state index < -0.39 is 0 Å². The van der Waals surface area contributed by atoms with Crippen LogP contribution in [0.15, 0.2) is 34.9 Å². The molecule has 0 unspecified atom stereocenters. The first-order chi connectivity index (χ1) is 8.19. The van der Waals surface area contributed by atoms with Crippen molar-refractivity contribution < 1.29 is 4.42 Å². The Morgan fingerprint density at radius 2 is 2.00 bits per heavy atom. The Bertz CT molecular complexity index is 474. The van der Waals surface area contributed by atoms with Crippen molar-refractivity contribution in [1.29, 1.82) is 0 Å². The van der Waals surface area contributed by atoms with Crippen LogP contribution in [0.3, 0.4) is 0 Å². The molecule has 0 bridgehead atoms. The highest BCUT2D eigenvalue weighted by atomic mass is 16.4. The van der Waals surface area contributed by atoms with Crippen molar-refractivity contribution in [3.05, 3.63) is 41.8 Å². The molecule has 1 aromatic carbocycles. The molecule has 0 fully saturated rings. The summed E-state index contributed by atoms with van der Waals surface area (Å²) >= 11 is 0. The molecular weight excluding hydrogens is 214 g/mol. The lowest BCUT2D eigenvalue weighted by Crippen LogP contribution is -1.97. The third-order valence-electron chi connectivity index (χ3n) is 2.59. The Morgan fingerprint density at radius 1 is 1.29 bits per heavy atom. The van der Waals surface area contributed by atoms with Gasteiger partial charge in [0.2, 0.25) is 0 Å². The van der Waals surface area contributed by atoms with E-state index in [4.69, 9.17) is 10.2 Å². The summed E-state index contributed by atoms with van der Waals surface area (Å²) < 4.78 is 5.23. The fourth-order valence-corrected chi connectivity index (χ4v) is 1.53. The largest absolute Gasteiger partial charge is 0.432 e. The monoisotopic (exact) mass is 231 g/mol. The molecule has 2 aromatic rings. The molecule has 2 rings (SSSR count). The van der Waals surface area contributed by atoms with Gasteiger partial charge in [0.1, 0.15) is 6.26 Å². The molecule has 1 aromatic heterocycles. The van der Waals surface area contributed by atoms with Crippen LogP contribution in [0, 0.1) is 0 Å². The topological polar surface area (TPSA) is 64.1 Å². The van der Waals surface area contributed by atoms with Crippen LogP contribution in [0.4, 0.5) is 11.7 Å². The molecule has 90 valence electrons. The molecule has 0 spiro atoms. The maximum Gasteiger partial charge on any atom is 0.299 e. The average molecular weight is 231 g/mol. The lowest BCUT2D eigenvalue weighted by atomic mass is 10.0. The van der Waals surface area contributed by atoms with Crippen molar-refractivity contribution in [3.8, 4) is 0 Å². The van der Waals surface area contributed by atoms with E-state index in [2.05, 4.69) is 36.3 Å². The van der Waals surface area contributed by atoms with Crippen LogP contribution in [-0.2, 0) is 6.54 Å². The highest BCUT2D eigenvalue weighted by Gasteiger charge is 2.03. The zero-order chi connectivity index (χ0) is 12.3. The molecule has 0 saturated carbocycles. The quantitative estimate of drug-likeness (QED) is 0.849. The van der Waals surface area contributed by atoms with Crippen LogP contribution in [0.1, 0.15) is 31.0 Å². The average Bonchev–Trinajstić information content (AvgIpc) is 2.77. The van der Waals surface area contributed by atoms with Gasteiger partial charge in [0.25, 0.3) is 6.01 Å². The van der Waals surface area contributed by atoms with Crippen LogP contribution < -0.4 is 11.1 Å². The summed E-state index contributed by atoms with van der Waals surface area (Å²) in [6.07, 6.45) is 1.56. The zero-order valence-corrected chi connectivity index (χ0v) is 10.1. The van der Waals surface area contributed by atoms with Gasteiger partial charge in [0.15, 0.2) is 0 Å². The van der Waals surface area contributed by atoms with Gasteiger partial charge in [0.05, 0.1) is 5.69 Å². The number of aromatic nitrogens is 1. The van der Waals surface area contributed by atoms with Crippen LogP contribution in [0.25, 0.3) is 0 Å². The van der Waals surface area contributed by atoms with Crippen molar-refractivity contribution in [2.45, 2.75) is 26.3 Å². The van der Waals surface area contributed by atoms with Gasteiger partial charge < -0.3 is 15.5 Å². The van der Waals surface area contributed by atoms with E-state index in [0.29, 0.717) is 18.5 Å². The van der Waals surface area contributed by atoms with Gasteiger partial charge in [-0.3, -0.25) is 0 Å². The van der Waals surface area contributed by atoms with Crippen molar-refractivity contribution >= 4 is 11.7 Å².